The first kappa shape index (κ1) is 13.0. The molecule has 3 heteroatoms. The molecule has 96 valence electrons. The minimum absolute atomic E-state index is 0.329. The minimum atomic E-state index is -0.628. The largest absolute Gasteiger partial charge is 0.455 e. The zero-order chi connectivity index (χ0) is 13.7. The zero-order valence-electron chi connectivity index (χ0n) is 10.3. The molecular formula is C16H13FO2. The van der Waals surface area contributed by atoms with Crippen molar-refractivity contribution in [1.29, 1.82) is 0 Å². The van der Waals surface area contributed by atoms with Crippen LogP contribution >= 0.6 is 0 Å². The van der Waals surface area contributed by atoms with E-state index in [4.69, 9.17) is 4.74 Å². The van der Waals surface area contributed by atoms with Crippen LogP contribution in [-0.2, 0) is 9.53 Å². The van der Waals surface area contributed by atoms with Crippen LogP contribution in [0.5, 0.6) is 0 Å². The van der Waals surface area contributed by atoms with Crippen molar-refractivity contribution < 1.29 is 13.9 Å². The molecule has 0 aromatic heterocycles. The maximum atomic E-state index is 14.1. The lowest BCUT2D eigenvalue weighted by Gasteiger charge is -2.12. The summed E-state index contributed by atoms with van der Waals surface area (Å²) in [7, 11) is 0. The normalized spacial score (nSPS) is 11.6. The maximum Gasteiger partial charge on any atom is 0.294 e. The van der Waals surface area contributed by atoms with E-state index in [1.807, 2.05) is 30.3 Å². The van der Waals surface area contributed by atoms with Crippen molar-refractivity contribution >= 4 is 6.47 Å². The Morgan fingerprint density at radius 2 is 1.89 bits per heavy atom. The molecule has 2 rings (SSSR count). The molecule has 0 saturated heterocycles. The van der Waals surface area contributed by atoms with Gasteiger partial charge in [-0.2, -0.15) is 0 Å². The predicted molar refractivity (Wildman–Crippen MR) is 71.9 cm³/mol. The van der Waals surface area contributed by atoms with Crippen LogP contribution in [-0.4, -0.2) is 6.47 Å². The highest BCUT2D eigenvalue weighted by atomic mass is 19.1. The van der Waals surface area contributed by atoms with Crippen molar-refractivity contribution in [1.82, 2.24) is 0 Å². The van der Waals surface area contributed by atoms with Crippen LogP contribution in [0.25, 0.3) is 11.1 Å². The molecule has 0 heterocycles. The number of halogens is 1. The summed E-state index contributed by atoms with van der Waals surface area (Å²) >= 11 is 0. The van der Waals surface area contributed by atoms with Crippen LogP contribution in [0.4, 0.5) is 4.39 Å². The molecule has 0 amide bonds. The minimum Gasteiger partial charge on any atom is -0.455 e. The molecule has 0 spiro atoms. The predicted octanol–water partition coefficient (Wildman–Crippen LogP) is 3.89. The molecule has 0 fully saturated rings. The van der Waals surface area contributed by atoms with Crippen LogP contribution in [0.15, 0.2) is 61.2 Å². The molecule has 0 bridgehead atoms. The molecule has 2 nitrogen and oxygen atoms in total. The number of hydrogen-bond acceptors (Lipinski definition) is 2. The number of carbonyl (C=O) groups is 1. The van der Waals surface area contributed by atoms with Gasteiger partial charge in [-0.1, -0.05) is 49.0 Å². The Kier molecular flexibility index (Phi) is 4.08. The van der Waals surface area contributed by atoms with E-state index in [-0.39, 0.29) is 5.82 Å². The highest BCUT2D eigenvalue weighted by Crippen LogP contribution is 2.26. The van der Waals surface area contributed by atoms with Gasteiger partial charge in [0.2, 0.25) is 0 Å². The molecule has 0 radical (unpaired) electrons. The Morgan fingerprint density at radius 1 is 1.16 bits per heavy atom. The van der Waals surface area contributed by atoms with E-state index >= 15 is 0 Å². The third-order valence-electron chi connectivity index (χ3n) is 2.82. The Morgan fingerprint density at radius 3 is 2.47 bits per heavy atom. The summed E-state index contributed by atoms with van der Waals surface area (Å²) in [6, 6.07) is 14.0. The van der Waals surface area contributed by atoms with Crippen molar-refractivity contribution in [2.45, 2.75) is 6.10 Å². The van der Waals surface area contributed by atoms with Gasteiger partial charge in [0.25, 0.3) is 6.47 Å². The number of rotatable bonds is 5. The standard InChI is InChI=1S/C16H13FO2/c1-2-16(19-11-18)13-8-9-14(15(17)10-13)12-6-4-3-5-7-12/h2-11,16H,1H2. The molecule has 2 aromatic carbocycles. The fraction of sp³-hybridized carbons (Fsp3) is 0.0625. The highest BCUT2D eigenvalue weighted by Gasteiger charge is 2.12. The average Bonchev–Trinajstić information content (AvgIpc) is 2.45. The van der Waals surface area contributed by atoms with Crippen LogP contribution in [0.1, 0.15) is 11.7 Å². The lowest BCUT2D eigenvalue weighted by atomic mass is 10.0. The monoisotopic (exact) mass is 256 g/mol. The molecule has 0 N–H and O–H groups in total. The fourth-order valence-electron chi connectivity index (χ4n) is 1.89. The van der Waals surface area contributed by atoms with E-state index in [0.717, 1.165) is 5.56 Å². The van der Waals surface area contributed by atoms with Gasteiger partial charge in [-0.15, -0.1) is 0 Å². The quantitative estimate of drug-likeness (QED) is 0.599. The van der Waals surface area contributed by atoms with Crippen molar-refractivity contribution in [3.05, 3.63) is 72.6 Å². The zero-order valence-corrected chi connectivity index (χ0v) is 10.3. The topological polar surface area (TPSA) is 26.3 Å². The summed E-state index contributed by atoms with van der Waals surface area (Å²) in [6.07, 6.45) is 0.822. The first-order chi connectivity index (χ1) is 9.26. The van der Waals surface area contributed by atoms with E-state index in [1.54, 1.807) is 12.1 Å². The summed E-state index contributed by atoms with van der Waals surface area (Å²) < 4.78 is 18.9. The second-order valence-corrected chi connectivity index (χ2v) is 3.99. The van der Waals surface area contributed by atoms with E-state index in [0.29, 0.717) is 17.6 Å². The van der Waals surface area contributed by atoms with Crippen molar-refractivity contribution in [2.75, 3.05) is 0 Å². The van der Waals surface area contributed by atoms with Crippen LogP contribution in [0.2, 0.25) is 0 Å². The van der Waals surface area contributed by atoms with Gasteiger partial charge in [0.05, 0.1) is 0 Å². The van der Waals surface area contributed by atoms with Gasteiger partial charge >= 0.3 is 0 Å². The van der Waals surface area contributed by atoms with E-state index < -0.39 is 6.10 Å². The Balaban J connectivity index is 2.37. The fourth-order valence-corrected chi connectivity index (χ4v) is 1.89. The van der Waals surface area contributed by atoms with Gasteiger partial charge in [0.15, 0.2) is 0 Å². The lowest BCUT2D eigenvalue weighted by molar-refractivity contribution is -0.131. The van der Waals surface area contributed by atoms with Crippen molar-refractivity contribution in [2.24, 2.45) is 0 Å². The second-order valence-electron chi connectivity index (χ2n) is 3.99. The first-order valence-corrected chi connectivity index (χ1v) is 5.83. The third kappa shape index (κ3) is 2.88. The summed E-state index contributed by atoms with van der Waals surface area (Å²) in [5.74, 6) is -0.356. The van der Waals surface area contributed by atoms with E-state index in [2.05, 4.69) is 6.58 Å². The molecule has 2 aromatic rings. The third-order valence-corrected chi connectivity index (χ3v) is 2.82. The Labute approximate surface area is 111 Å². The van der Waals surface area contributed by atoms with Crippen molar-refractivity contribution in [3.63, 3.8) is 0 Å². The number of carbonyl (C=O) groups excluding carboxylic acids is 1. The van der Waals surface area contributed by atoms with Gasteiger partial charge in [-0.3, -0.25) is 4.79 Å². The van der Waals surface area contributed by atoms with E-state index in [9.17, 15) is 9.18 Å². The first-order valence-electron chi connectivity index (χ1n) is 5.83. The number of ether oxygens (including phenoxy) is 1. The number of benzene rings is 2. The smallest absolute Gasteiger partial charge is 0.294 e. The molecule has 0 aliphatic heterocycles. The molecule has 1 unspecified atom stereocenters. The van der Waals surface area contributed by atoms with Gasteiger partial charge in [-0.05, 0) is 23.3 Å². The SMILES string of the molecule is C=CC(OC=O)c1ccc(-c2ccccc2)c(F)c1. The summed E-state index contributed by atoms with van der Waals surface area (Å²) in [5.41, 5.74) is 1.87. The second kappa shape index (κ2) is 5.96. The molecule has 19 heavy (non-hydrogen) atoms. The number of hydrogen-bond donors (Lipinski definition) is 0. The van der Waals surface area contributed by atoms with Gasteiger partial charge in [0, 0.05) is 5.56 Å². The van der Waals surface area contributed by atoms with Crippen LogP contribution < -0.4 is 0 Å². The summed E-state index contributed by atoms with van der Waals surface area (Å²) in [4.78, 5) is 10.4. The van der Waals surface area contributed by atoms with Crippen LogP contribution in [0.3, 0.4) is 0 Å². The van der Waals surface area contributed by atoms with Gasteiger partial charge < -0.3 is 4.74 Å². The molecular weight excluding hydrogens is 243 g/mol. The highest BCUT2D eigenvalue weighted by molar-refractivity contribution is 5.64. The van der Waals surface area contributed by atoms with E-state index in [1.165, 1.54) is 12.1 Å². The molecule has 0 saturated carbocycles. The Hall–Kier alpha value is -2.42. The molecule has 1 atom stereocenters. The Bertz CT molecular complexity index is 579. The van der Waals surface area contributed by atoms with Gasteiger partial charge in [0.1, 0.15) is 11.9 Å². The maximum absolute atomic E-state index is 14.1. The molecule has 0 aliphatic carbocycles. The lowest BCUT2D eigenvalue weighted by Crippen LogP contribution is -2.00. The van der Waals surface area contributed by atoms with Crippen LogP contribution in [0, 0.1) is 5.82 Å². The summed E-state index contributed by atoms with van der Waals surface area (Å²) in [5, 5.41) is 0. The van der Waals surface area contributed by atoms with Gasteiger partial charge in [-0.25, -0.2) is 4.39 Å². The van der Waals surface area contributed by atoms with Crippen molar-refractivity contribution in [3.8, 4) is 11.1 Å². The average molecular weight is 256 g/mol. The summed E-state index contributed by atoms with van der Waals surface area (Å²) in [6.45, 7) is 3.89. The molecule has 0 aliphatic rings.